The number of hydrogen-bond acceptors (Lipinski definition) is 5. The zero-order chi connectivity index (χ0) is 37.9. The summed E-state index contributed by atoms with van der Waals surface area (Å²) in [5.74, 6) is -0.204. The molecule has 0 spiro atoms. The monoisotopic (exact) mass is 740 g/mol. The van der Waals surface area contributed by atoms with Gasteiger partial charge in [0.15, 0.2) is 0 Å². The molecule has 3 N–H and O–H groups in total. The second-order valence-electron chi connectivity index (χ2n) is 15.0. The third-order valence-electron chi connectivity index (χ3n) is 8.77. The lowest BCUT2D eigenvalue weighted by Crippen LogP contribution is -2.45. The lowest BCUT2D eigenvalue weighted by Gasteiger charge is -2.25. The van der Waals surface area contributed by atoms with Crippen LogP contribution in [-0.2, 0) is 18.4 Å². The number of rotatable bonds is 36. The Balaban J connectivity index is 4.58. The molecular weight excluding hydrogens is 659 g/mol. The second-order valence-corrected chi connectivity index (χ2v) is 16.5. The summed E-state index contributed by atoms with van der Waals surface area (Å²) in [5.41, 5.74) is 0. The van der Waals surface area contributed by atoms with Crippen LogP contribution in [0.25, 0.3) is 0 Å². The molecule has 0 rings (SSSR count). The molecule has 8 nitrogen and oxygen atoms in total. The van der Waals surface area contributed by atoms with Crippen LogP contribution in [0, 0.1) is 0 Å². The molecule has 0 fully saturated rings. The van der Waals surface area contributed by atoms with Crippen molar-refractivity contribution in [2.45, 2.75) is 174 Å². The Morgan fingerprint density at radius 2 is 1.14 bits per heavy atom. The number of nitrogens with zero attached hydrogens (tertiary/aromatic N) is 1. The fraction of sp³-hybridized carbons (Fsp3) is 0.786. The predicted octanol–water partition coefficient (Wildman–Crippen LogP) is 10.9. The average molecular weight is 740 g/mol. The van der Waals surface area contributed by atoms with Gasteiger partial charge in [-0.3, -0.25) is 13.8 Å². The van der Waals surface area contributed by atoms with E-state index in [1.165, 1.54) is 77.0 Å². The molecule has 0 aliphatic carbocycles. The third kappa shape index (κ3) is 36.6. The molecule has 9 heteroatoms. The predicted molar refractivity (Wildman–Crippen MR) is 217 cm³/mol. The molecule has 0 saturated heterocycles. The van der Waals surface area contributed by atoms with Crippen LogP contribution < -0.4 is 5.32 Å². The second kappa shape index (κ2) is 34.2. The molecule has 0 aromatic rings. The number of carbonyl (C=O) groups excluding carboxylic acids is 1. The molecule has 0 aliphatic rings. The highest BCUT2D eigenvalue weighted by Gasteiger charge is 2.27. The number of aliphatic hydroxyl groups is 1. The van der Waals surface area contributed by atoms with E-state index >= 15 is 0 Å². The van der Waals surface area contributed by atoms with E-state index in [-0.39, 0.29) is 19.1 Å². The van der Waals surface area contributed by atoms with Crippen molar-refractivity contribution in [3.63, 3.8) is 0 Å². The minimum absolute atomic E-state index is 0.0517. The zero-order valence-electron chi connectivity index (χ0n) is 33.6. The van der Waals surface area contributed by atoms with Gasteiger partial charge in [-0.2, -0.15) is 0 Å². The maximum Gasteiger partial charge on any atom is 0.472 e. The van der Waals surface area contributed by atoms with Gasteiger partial charge in [0.25, 0.3) is 0 Å². The van der Waals surface area contributed by atoms with Gasteiger partial charge in [-0.1, -0.05) is 140 Å². The van der Waals surface area contributed by atoms with Crippen molar-refractivity contribution >= 4 is 13.7 Å². The highest BCUT2D eigenvalue weighted by Crippen LogP contribution is 2.43. The third-order valence-corrected chi connectivity index (χ3v) is 9.76. The molecule has 3 unspecified atom stereocenters. The van der Waals surface area contributed by atoms with E-state index in [4.69, 9.17) is 9.05 Å². The number of allylic oxidation sites excluding steroid dienone is 7. The molecule has 3 atom stereocenters. The summed E-state index contributed by atoms with van der Waals surface area (Å²) in [7, 11) is 1.54. The summed E-state index contributed by atoms with van der Waals surface area (Å²) in [6.45, 7) is 4.72. The molecule has 0 saturated carbocycles. The maximum absolute atomic E-state index is 12.8. The highest BCUT2D eigenvalue weighted by molar-refractivity contribution is 7.47. The van der Waals surface area contributed by atoms with E-state index in [0.29, 0.717) is 17.4 Å². The van der Waals surface area contributed by atoms with E-state index in [1.807, 2.05) is 27.2 Å². The van der Waals surface area contributed by atoms with Crippen LogP contribution in [-0.4, -0.2) is 73.4 Å². The Bertz CT molecular complexity index is 975. The molecule has 1 amide bonds. The number of carbonyl (C=O) groups is 1. The SMILES string of the molecule is CCCCC/C=C\C/C=C\CCCCCCCC(=O)NC(COP(=O)(O)OCC[N+](C)(C)C)C(O)/C=C/CC/C=C/CCCCCCCCCC. The number of hydrogen-bond donors (Lipinski definition) is 3. The fourth-order valence-electron chi connectivity index (χ4n) is 5.44. The lowest BCUT2D eigenvalue weighted by atomic mass is 10.1. The van der Waals surface area contributed by atoms with E-state index in [1.54, 1.807) is 6.08 Å². The Labute approximate surface area is 314 Å². The topological polar surface area (TPSA) is 105 Å². The number of likely N-dealkylation sites (N-methyl/N-ethyl adjacent to an activating group) is 1. The quantitative estimate of drug-likeness (QED) is 0.0256. The van der Waals surface area contributed by atoms with Crippen molar-refractivity contribution in [1.82, 2.24) is 5.32 Å². The molecule has 0 radical (unpaired) electrons. The number of phosphoric acid groups is 1. The first-order chi connectivity index (χ1) is 24.5. The van der Waals surface area contributed by atoms with Crippen LogP contribution in [0.5, 0.6) is 0 Å². The summed E-state index contributed by atoms with van der Waals surface area (Å²) in [5, 5.41) is 13.7. The summed E-state index contributed by atoms with van der Waals surface area (Å²) >= 11 is 0. The van der Waals surface area contributed by atoms with E-state index in [9.17, 15) is 19.4 Å². The smallest absolute Gasteiger partial charge is 0.387 e. The summed E-state index contributed by atoms with van der Waals surface area (Å²) in [6.07, 6.45) is 41.7. The molecule has 51 heavy (non-hydrogen) atoms. The van der Waals surface area contributed by atoms with Crippen molar-refractivity contribution in [3.8, 4) is 0 Å². The number of unbranched alkanes of at least 4 members (excludes halogenated alkanes) is 17. The van der Waals surface area contributed by atoms with Gasteiger partial charge >= 0.3 is 7.82 Å². The Kier molecular flexibility index (Phi) is 33.2. The normalized spacial score (nSPS) is 15.0. The van der Waals surface area contributed by atoms with E-state index in [2.05, 4.69) is 55.6 Å². The first-order valence-corrected chi connectivity index (χ1v) is 22.0. The molecule has 0 bridgehead atoms. The molecule has 0 aromatic heterocycles. The fourth-order valence-corrected chi connectivity index (χ4v) is 6.17. The van der Waals surface area contributed by atoms with Crippen LogP contribution in [0.2, 0.25) is 0 Å². The Morgan fingerprint density at radius 3 is 1.73 bits per heavy atom. The van der Waals surface area contributed by atoms with Crippen LogP contribution in [0.15, 0.2) is 48.6 Å². The van der Waals surface area contributed by atoms with Crippen LogP contribution in [0.3, 0.4) is 0 Å². The zero-order valence-corrected chi connectivity index (χ0v) is 34.5. The van der Waals surface area contributed by atoms with Gasteiger partial charge in [0, 0.05) is 6.42 Å². The van der Waals surface area contributed by atoms with Gasteiger partial charge in [-0.25, -0.2) is 4.57 Å². The first kappa shape index (κ1) is 49.5. The van der Waals surface area contributed by atoms with Crippen LogP contribution >= 0.6 is 7.82 Å². The molecule has 298 valence electrons. The Hall–Kier alpha value is -1.54. The van der Waals surface area contributed by atoms with Gasteiger partial charge in [0.1, 0.15) is 13.2 Å². The minimum Gasteiger partial charge on any atom is -0.387 e. The number of amides is 1. The van der Waals surface area contributed by atoms with Crippen molar-refractivity contribution in [1.29, 1.82) is 0 Å². The van der Waals surface area contributed by atoms with E-state index < -0.39 is 20.0 Å². The van der Waals surface area contributed by atoms with Gasteiger partial charge in [-0.15, -0.1) is 0 Å². The van der Waals surface area contributed by atoms with Gasteiger partial charge in [0.05, 0.1) is 39.9 Å². The summed E-state index contributed by atoms with van der Waals surface area (Å²) in [6, 6.07) is -0.869. The lowest BCUT2D eigenvalue weighted by molar-refractivity contribution is -0.870. The van der Waals surface area contributed by atoms with Crippen molar-refractivity contribution in [2.24, 2.45) is 0 Å². The van der Waals surface area contributed by atoms with Crippen molar-refractivity contribution in [3.05, 3.63) is 48.6 Å². The summed E-state index contributed by atoms with van der Waals surface area (Å²) in [4.78, 5) is 23.0. The van der Waals surface area contributed by atoms with Gasteiger partial charge in [0.2, 0.25) is 5.91 Å². The standard InChI is InChI=1S/C42H79N2O6P/c1-6-8-10-12-14-16-18-20-22-24-26-28-30-32-34-36-42(46)43-40(39-50-51(47,48)49-38-37-44(3,4)5)41(45)35-33-31-29-27-25-23-21-19-17-15-13-11-9-7-2/h14,16,20,22,25,27,33,35,40-41,45H,6-13,15,17-19,21,23-24,26,28-32,34,36-39H2,1-5H3,(H-,43,46,47,48)/p+1/b16-14-,22-20-,27-25+,35-33+. The van der Waals surface area contributed by atoms with Gasteiger partial charge in [-0.05, 0) is 64.2 Å². The summed E-state index contributed by atoms with van der Waals surface area (Å²) < 4.78 is 23.5. The molecule has 0 heterocycles. The molecule has 0 aromatic carbocycles. The number of nitrogens with one attached hydrogen (secondary N) is 1. The number of aliphatic hydroxyl groups excluding tert-OH is 1. The van der Waals surface area contributed by atoms with Crippen molar-refractivity contribution in [2.75, 3.05) is 40.9 Å². The minimum atomic E-state index is -4.34. The van der Waals surface area contributed by atoms with Crippen LogP contribution in [0.1, 0.15) is 162 Å². The molecule has 0 aliphatic heterocycles. The first-order valence-electron chi connectivity index (χ1n) is 20.5. The average Bonchev–Trinajstić information content (AvgIpc) is 3.07. The largest absolute Gasteiger partial charge is 0.472 e. The Morgan fingerprint density at radius 1 is 0.667 bits per heavy atom. The molecular formula is C42H80N2O6P+. The number of quaternary nitrogens is 1. The van der Waals surface area contributed by atoms with Gasteiger partial charge < -0.3 is 19.8 Å². The van der Waals surface area contributed by atoms with Crippen LogP contribution in [0.4, 0.5) is 0 Å². The van der Waals surface area contributed by atoms with E-state index in [0.717, 1.165) is 64.2 Å². The number of phosphoric ester groups is 1. The highest BCUT2D eigenvalue weighted by atomic mass is 31.2. The maximum atomic E-state index is 12.8. The van der Waals surface area contributed by atoms with Crippen molar-refractivity contribution < 1.29 is 32.9 Å².